The van der Waals surface area contributed by atoms with Crippen molar-refractivity contribution < 1.29 is 0 Å². The van der Waals surface area contributed by atoms with E-state index in [1.807, 2.05) is 0 Å². The third-order valence-corrected chi connectivity index (χ3v) is 3.76. The summed E-state index contributed by atoms with van der Waals surface area (Å²) >= 11 is 0. The van der Waals surface area contributed by atoms with Crippen molar-refractivity contribution in [3.63, 3.8) is 0 Å². The molecule has 3 unspecified atom stereocenters. The molecule has 1 fully saturated rings. The van der Waals surface area contributed by atoms with Crippen LogP contribution < -0.4 is 0 Å². The number of fused-ring (bicyclic) bond motifs is 2. The Labute approximate surface area is 85.6 Å². The number of allylic oxidation sites excluding steroid dienone is 2. The zero-order chi connectivity index (χ0) is 9.38. The zero-order valence-corrected chi connectivity index (χ0v) is 8.39. The van der Waals surface area contributed by atoms with Gasteiger partial charge in [0.05, 0.1) is 0 Å². The molecule has 0 heteroatoms. The first-order valence-electron chi connectivity index (χ1n) is 5.64. The molecule has 0 N–H and O–H groups in total. The van der Waals surface area contributed by atoms with Crippen molar-refractivity contribution in [2.45, 2.75) is 19.3 Å². The van der Waals surface area contributed by atoms with E-state index >= 15 is 0 Å². The second-order valence-electron chi connectivity index (χ2n) is 4.73. The standard InChI is InChI=1S/C14H16/c1-2-4-11(5-3-1)8-14-10-12-6-7-13(14)9-12/h1-7,12-14H,8-10H2. The molecule has 3 rings (SSSR count). The Bertz CT molecular complexity index is 336. The van der Waals surface area contributed by atoms with Crippen molar-refractivity contribution in [3.8, 4) is 0 Å². The van der Waals surface area contributed by atoms with Crippen LogP contribution in [-0.2, 0) is 6.42 Å². The molecular formula is C14H16. The molecule has 0 nitrogen and oxygen atoms in total. The number of rotatable bonds is 2. The highest BCUT2D eigenvalue weighted by Crippen LogP contribution is 2.44. The van der Waals surface area contributed by atoms with Gasteiger partial charge < -0.3 is 0 Å². The van der Waals surface area contributed by atoms with Crippen LogP contribution in [0.5, 0.6) is 0 Å². The van der Waals surface area contributed by atoms with Gasteiger partial charge in [-0.25, -0.2) is 0 Å². The molecule has 72 valence electrons. The summed E-state index contributed by atoms with van der Waals surface area (Å²) in [5.41, 5.74) is 1.51. The maximum absolute atomic E-state index is 2.45. The molecule has 0 heterocycles. The van der Waals surface area contributed by atoms with Crippen LogP contribution in [0.3, 0.4) is 0 Å². The lowest BCUT2D eigenvalue weighted by Gasteiger charge is -2.17. The Kier molecular flexibility index (Phi) is 1.93. The maximum Gasteiger partial charge on any atom is -0.0196 e. The van der Waals surface area contributed by atoms with Crippen molar-refractivity contribution in [2.75, 3.05) is 0 Å². The average molecular weight is 184 g/mol. The minimum absolute atomic E-state index is 0.889. The van der Waals surface area contributed by atoms with Gasteiger partial charge in [0, 0.05) is 0 Å². The molecule has 0 aliphatic heterocycles. The van der Waals surface area contributed by atoms with Crippen LogP contribution in [0.15, 0.2) is 42.5 Å². The predicted octanol–water partition coefficient (Wildman–Crippen LogP) is 3.44. The van der Waals surface area contributed by atoms with Gasteiger partial charge in [0.15, 0.2) is 0 Å². The second-order valence-corrected chi connectivity index (χ2v) is 4.73. The van der Waals surface area contributed by atoms with Gasteiger partial charge in [-0.15, -0.1) is 0 Å². The van der Waals surface area contributed by atoms with E-state index in [0.29, 0.717) is 0 Å². The minimum Gasteiger partial charge on any atom is -0.0851 e. The Morgan fingerprint density at radius 3 is 2.50 bits per heavy atom. The smallest absolute Gasteiger partial charge is 0.0196 e. The monoisotopic (exact) mass is 184 g/mol. The average Bonchev–Trinajstić information content (AvgIpc) is 2.81. The fourth-order valence-corrected chi connectivity index (χ4v) is 3.05. The Hall–Kier alpha value is -1.04. The first-order chi connectivity index (χ1) is 6.92. The lowest BCUT2D eigenvalue weighted by Crippen LogP contribution is -2.09. The quantitative estimate of drug-likeness (QED) is 0.618. The number of benzene rings is 1. The Balaban J connectivity index is 1.72. The highest BCUT2D eigenvalue weighted by Gasteiger charge is 2.35. The zero-order valence-electron chi connectivity index (χ0n) is 8.39. The van der Waals surface area contributed by atoms with Crippen molar-refractivity contribution >= 4 is 0 Å². The molecular weight excluding hydrogens is 168 g/mol. The fraction of sp³-hybridized carbons (Fsp3) is 0.429. The second kappa shape index (κ2) is 3.27. The third kappa shape index (κ3) is 1.39. The first kappa shape index (κ1) is 8.28. The van der Waals surface area contributed by atoms with Gasteiger partial charge in [-0.05, 0) is 42.6 Å². The van der Waals surface area contributed by atoms with E-state index in [4.69, 9.17) is 0 Å². The van der Waals surface area contributed by atoms with E-state index in [-0.39, 0.29) is 0 Å². The highest BCUT2D eigenvalue weighted by atomic mass is 14.4. The molecule has 1 aromatic carbocycles. The first-order valence-corrected chi connectivity index (χ1v) is 5.64. The molecule has 3 atom stereocenters. The van der Waals surface area contributed by atoms with Crippen molar-refractivity contribution in [2.24, 2.45) is 17.8 Å². The van der Waals surface area contributed by atoms with Crippen LogP contribution in [0.2, 0.25) is 0 Å². The van der Waals surface area contributed by atoms with Gasteiger partial charge in [0.2, 0.25) is 0 Å². The van der Waals surface area contributed by atoms with E-state index in [9.17, 15) is 0 Å². The molecule has 14 heavy (non-hydrogen) atoms. The molecule has 0 spiro atoms. The van der Waals surface area contributed by atoms with E-state index < -0.39 is 0 Å². The predicted molar refractivity (Wildman–Crippen MR) is 59.0 cm³/mol. The molecule has 2 bridgehead atoms. The van der Waals surface area contributed by atoms with Crippen LogP contribution in [0.1, 0.15) is 18.4 Å². The minimum atomic E-state index is 0.889. The summed E-state index contributed by atoms with van der Waals surface area (Å²) in [6, 6.07) is 10.9. The third-order valence-electron chi connectivity index (χ3n) is 3.76. The molecule has 2 aliphatic carbocycles. The summed E-state index contributed by atoms with van der Waals surface area (Å²) < 4.78 is 0. The molecule has 0 aromatic heterocycles. The molecule has 0 amide bonds. The molecule has 1 saturated carbocycles. The molecule has 1 aromatic rings. The lowest BCUT2D eigenvalue weighted by atomic mass is 9.88. The lowest BCUT2D eigenvalue weighted by molar-refractivity contribution is 0.446. The van der Waals surface area contributed by atoms with Gasteiger partial charge in [0.1, 0.15) is 0 Å². The van der Waals surface area contributed by atoms with E-state index in [1.54, 1.807) is 0 Å². The van der Waals surface area contributed by atoms with E-state index in [0.717, 1.165) is 17.8 Å². The Morgan fingerprint density at radius 1 is 1.00 bits per heavy atom. The molecule has 0 radical (unpaired) electrons. The van der Waals surface area contributed by atoms with Crippen molar-refractivity contribution in [1.29, 1.82) is 0 Å². The Morgan fingerprint density at radius 2 is 1.86 bits per heavy atom. The van der Waals surface area contributed by atoms with Crippen molar-refractivity contribution in [3.05, 3.63) is 48.0 Å². The highest BCUT2D eigenvalue weighted by molar-refractivity contribution is 5.18. The van der Waals surface area contributed by atoms with E-state index in [2.05, 4.69) is 42.5 Å². The van der Waals surface area contributed by atoms with Crippen LogP contribution in [0, 0.1) is 17.8 Å². The van der Waals surface area contributed by atoms with Crippen LogP contribution in [0.25, 0.3) is 0 Å². The van der Waals surface area contributed by atoms with Crippen LogP contribution >= 0.6 is 0 Å². The SMILES string of the molecule is C1=CC2CC1CC2Cc1ccccc1. The van der Waals surface area contributed by atoms with Gasteiger partial charge in [-0.1, -0.05) is 42.5 Å². The fourth-order valence-electron chi connectivity index (χ4n) is 3.05. The maximum atomic E-state index is 2.45. The van der Waals surface area contributed by atoms with E-state index in [1.165, 1.54) is 24.8 Å². The van der Waals surface area contributed by atoms with Crippen LogP contribution in [-0.4, -0.2) is 0 Å². The summed E-state index contributed by atoms with van der Waals surface area (Å²) in [6.07, 6.45) is 9.01. The van der Waals surface area contributed by atoms with Gasteiger partial charge in [-0.2, -0.15) is 0 Å². The summed E-state index contributed by atoms with van der Waals surface area (Å²) in [5.74, 6) is 2.72. The molecule has 2 aliphatic rings. The number of hydrogen-bond acceptors (Lipinski definition) is 0. The van der Waals surface area contributed by atoms with Gasteiger partial charge >= 0.3 is 0 Å². The van der Waals surface area contributed by atoms with Crippen LogP contribution in [0.4, 0.5) is 0 Å². The van der Waals surface area contributed by atoms with Gasteiger partial charge in [-0.3, -0.25) is 0 Å². The topological polar surface area (TPSA) is 0 Å². The summed E-state index contributed by atoms with van der Waals surface area (Å²) in [4.78, 5) is 0. The van der Waals surface area contributed by atoms with Crippen molar-refractivity contribution in [1.82, 2.24) is 0 Å². The number of hydrogen-bond donors (Lipinski definition) is 0. The summed E-state index contributed by atoms with van der Waals surface area (Å²) in [5, 5.41) is 0. The van der Waals surface area contributed by atoms with Gasteiger partial charge in [0.25, 0.3) is 0 Å². The summed E-state index contributed by atoms with van der Waals surface area (Å²) in [7, 11) is 0. The normalized spacial score (nSPS) is 33.9. The summed E-state index contributed by atoms with van der Waals surface area (Å²) in [6.45, 7) is 0. The molecule has 0 saturated heterocycles. The largest absolute Gasteiger partial charge is 0.0851 e.